The summed E-state index contributed by atoms with van der Waals surface area (Å²) in [7, 11) is 0. The van der Waals surface area contributed by atoms with Crippen LogP contribution < -0.4 is 5.73 Å². The third-order valence-corrected chi connectivity index (χ3v) is 3.19. The minimum atomic E-state index is -0.293. The van der Waals surface area contributed by atoms with Crippen LogP contribution in [0.25, 0.3) is 11.1 Å². The largest absolute Gasteiger partial charge is 0.440 e. The van der Waals surface area contributed by atoms with Gasteiger partial charge in [-0.25, -0.2) is 9.37 Å². The Morgan fingerprint density at radius 1 is 1.38 bits per heavy atom. The molecule has 2 N–H and O–H groups in total. The van der Waals surface area contributed by atoms with Crippen LogP contribution in [0.15, 0.2) is 22.6 Å². The number of hydrogen-bond donors (Lipinski definition) is 1. The zero-order chi connectivity index (χ0) is 11.1. The zero-order valence-electron chi connectivity index (χ0n) is 8.82. The summed E-state index contributed by atoms with van der Waals surface area (Å²) in [6.45, 7) is 0. The van der Waals surface area contributed by atoms with E-state index in [9.17, 15) is 4.39 Å². The second-order valence-electron chi connectivity index (χ2n) is 4.43. The van der Waals surface area contributed by atoms with E-state index >= 15 is 0 Å². The lowest BCUT2D eigenvalue weighted by Gasteiger charge is -2.02. The van der Waals surface area contributed by atoms with Gasteiger partial charge in [-0.1, -0.05) is 0 Å². The molecule has 0 amide bonds. The molecule has 16 heavy (non-hydrogen) atoms. The van der Waals surface area contributed by atoms with E-state index in [4.69, 9.17) is 10.2 Å². The number of benzene rings is 1. The summed E-state index contributed by atoms with van der Waals surface area (Å²) in [5.74, 6) is 0.706. The Labute approximate surface area is 92.5 Å². The maximum absolute atomic E-state index is 13.0. The summed E-state index contributed by atoms with van der Waals surface area (Å²) in [5.41, 5.74) is 7.09. The van der Waals surface area contributed by atoms with Gasteiger partial charge in [-0.2, -0.15) is 0 Å². The minimum absolute atomic E-state index is 0.247. The Bertz CT molecular complexity index is 523. The van der Waals surface area contributed by atoms with Gasteiger partial charge in [-0.15, -0.1) is 0 Å². The highest BCUT2D eigenvalue weighted by molar-refractivity contribution is 5.72. The second-order valence-corrected chi connectivity index (χ2v) is 4.43. The molecule has 0 bridgehead atoms. The van der Waals surface area contributed by atoms with Gasteiger partial charge in [0, 0.05) is 18.0 Å². The maximum atomic E-state index is 13.0. The summed E-state index contributed by atoms with van der Waals surface area (Å²) in [4.78, 5) is 4.38. The van der Waals surface area contributed by atoms with E-state index in [1.54, 1.807) is 6.07 Å². The molecule has 2 aromatic rings. The minimum Gasteiger partial charge on any atom is -0.440 e. The van der Waals surface area contributed by atoms with Gasteiger partial charge in [0.25, 0.3) is 0 Å². The van der Waals surface area contributed by atoms with E-state index in [1.807, 2.05) is 0 Å². The predicted octanol–water partition coefficient (Wildman–Crippen LogP) is 2.56. The summed E-state index contributed by atoms with van der Waals surface area (Å²) in [5, 5.41) is 0. The molecule has 84 valence electrons. The SMILES string of the molecule is N[C@H]1CC[C@@H](c2nc3ccc(F)cc3o2)C1. The highest BCUT2D eigenvalue weighted by Crippen LogP contribution is 2.34. The normalized spacial score (nSPS) is 25.4. The first-order valence-corrected chi connectivity index (χ1v) is 5.54. The summed E-state index contributed by atoms with van der Waals surface area (Å²) in [6.07, 6.45) is 2.93. The summed E-state index contributed by atoms with van der Waals surface area (Å²) in [6, 6.07) is 4.67. The fourth-order valence-electron chi connectivity index (χ4n) is 2.33. The number of rotatable bonds is 1. The van der Waals surface area contributed by atoms with E-state index < -0.39 is 0 Å². The Morgan fingerprint density at radius 2 is 2.25 bits per heavy atom. The van der Waals surface area contributed by atoms with Gasteiger partial charge in [0.05, 0.1) is 0 Å². The first kappa shape index (κ1) is 9.78. The Morgan fingerprint density at radius 3 is 3.00 bits per heavy atom. The van der Waals surface area contributed by atoms with E-state index in [0.29, 0.717) is 17.4 Å². The van der Waals surface area contributed by atoms with Crippen molar-refractivity contribution < 1.29 is 8.81 Å². The van der Waals surface area contributed by atoms with Gasteiger partial charge >= 0.3 is 0 Å². The molecule has 0 saturated heterocycles. The van der Waals surface area contributed by atoms with Crippen molar-refractivity contribution in [1.29, 1.82) is 0 Å². The number of aromatic nitrogens is 1. The fourth-order valence-corrected chi connectivity index (χ4v) is 2.33. The van der Waals surface area contributed by atoms with Crippen molar-refractivity contribution in [2.75, 3.05) is 0 Å². The van der Waals surface area contributed by atoms with Crippen LogP contribution in [0.1, 0.15) is 31.1 Å². The van der Waals surface area contributed by atoms with Crippen LogP contribution in [-0.4, -0.2) is 11.0 Å². The number of hydrogen-bond acceptors (Lipinski definition) is 3. The van der Waals surface area contributed by atoms with Crippen molar-refractivity contribution in [2.45, 2.75) is 31.2 Å². The van der Waals surface area contributed by atoms with E-state index in [0.717, 1.165) is 24.8 Å². The lowest BCUT2D eigenvalue weighted by atomic mass is 10.1. The predicted molar refractivity (Wildman–Crippen MR) is 58.5 cm³/mol. The lowest BCUT2D eigenvalue weighted by molar-refractivity contribution is 0.470. The van der Waals surface area contributed by atoms with Crippen molar-refractivity contribution in [2.24, 2.45) is 5.73 Å². The Balaban J connectivity index is 1.99. The third kappa shape index (κ3) is 1.59. The molecule has 1 aliphatic rings. The monoisotopic (exact) mass is 220 g/mol. The van der Waals surface area contributed by atoms with Gasteiger partial charge in [-0.05, 0) is 31.4 Å². The molecular formula is C12H13FN2O. The molecule has 1 aromatic carbocycles. The highest BCUT2D eigenvalue weighted by atomic mass is 19.1. The second kappa shape index (κ2) is 3.56. The van der Waals surface area contributed by atoms with Crippen molar-refractivity contribution in [3.63, 3.8) is 0 Å². The molecule has 1 aliphatic carbocycles. The average Bonchev–Trinajstić information content (AvgIpc) is 2.83. The fraction of sp³-hybridized carbons (Fsp3) is 0.417. The van der Waals surface area contributed by atoms with Crippen LogP contribution >= 0.6 is 0 Å². The van der Waals surface area contributed by atoms with Gasteiger partial charge in [0.15, 0.2) is 11.5 Å². The standard InChI is InChI=1S/C12H13FN2O/c13-8-2-4-10-11(6-8)16-12(15-10)7-1-3-9(14)5-7/h2,4,6-7,9H,1,3,5,14H2/t7-,9+/m1/s1. The molecule has 1 saturated carbocycles. The molecule has 1 fully saturated rings. The Kier molecular flexibility index (Phi) is 2.17. The number of halogens is 1. The molecule has 2 atom stereocenters. The molecule has 3 rings (SSSR count). The molecule has 0 spiro atoms. The summed E-state index contributed by atoms with van der Waals surface area (Å²) < 4.78 is 18.6. The molecule has 4 heteroatoms. The van der Waals surface area contributed by atoms with Crippen LogP contribution in [0.4, 0.5) is 4.39 Å². The van der Waals surface area contributed by atoms with E-state index in [-0.39, 0.29) is 11.9 Å². The maximum Gasteiger partial charge on any atom is 0.198 e. The van der Waals surface area contributed by atoms with Crippen LogP contribution in [-0.2, 0) is 0 Å². The quantitative estimate of drug-likeness (QED) is 0.803. The molecule has 1 aromatic heterocycles. The number of fused-ring (bicyclic) bond motifs is 1. The van der Waals surface area contributed by atoms with Crippen molar-refractivity contribution in [1.82, 2.24) is 4.98 Å². The molecule has 3 nitrogen and oxygen atoms in total. The smallest absolute Gasteiger partial charge is 0.198 e. The van der Waals surface area contributed by atoms with Gasteiger partial charge in [-0.3, -0.25) is 0 Å². The highest BCUT2D eigenvalue weighted by Gasteiger charge is 2.27. The van der Waals surface area contributed by atoms with E-state index in [2.05, 4.69) is 4.98 Å². The number of oxazole rings is 1. The van der Waals surface area contributed by atoms with Crippen LogP contribution in [0.2, 0.25) is 0 Å². The zero-order valence-corrected chi connectivity index (χ0v) is 8.82. The van der Waals surface area contributed by atoms with Crippen molar-refractivity contribution in [3.05, 3.63) is 29.9 Å². The Hall–Kier alpha value is -1.42. The topological polar surface area (TPSA) is 52.0 Å². The first-order valence-electron chi connectivity index (χ1n) is 5.54. The molecular weight excluding hydrogens is 207 g/mol. The number of nitrogens with two attached hydrogens (primary N) is 1. The van der Waals surface area contributed by atoms with Gasteiger partial charge < -0.3 is 10.2 Å². The van der Waals surface area contributed by atoms with Crippen LogP contribution in [0.5, 0.6) is 0 Å². The first-order chi connectivity index (χ1) is 7.72. The number of nitrogens with zero attached hydrogens (tertiary/aromatic N) is 1. The lowest BCUT2D eigenvalue weighted by Crippen LogP contribution is -2.14. The van der Waals surface area contributed by atoms with Crippen LogP contribution in [0.3, 0.4) is 0 Å². The van der Waals surface area contributed by atoms with Gasteiger partial charge in [0.1, 0.15) is 11.3 Å². The molecule has 0 radical (unpaired) electrons. The molecule has 0 aliphatic heterocycles. The molecule has 0 unspecified atom stereocenters. The van der Waals surface area contributed by atoms with Crippen molar-refractivity contribution >= 4 is 11.1 Å². The average molecular weight is 220 g/mol. The molecule has 1 heterocycles. The van der Waals surface area contributed by atoms with Gasteiger partial charge in [0.2, 0.25) is 0 Å². The van der Waals surface area contributed by atoms with E-state index in [1.165, 1.54) is 12.1 Å². The van der Waals surface area contributed by atoms with Crippen molar-refractivity contribution in [3.8, 4) is 0 Å². The summed E-state index contributed by atoms with van der Waals surface area (Å²) >= 11 is 0. The third-order valence-electron chi connectivity index (χ3n) is 3.19. The van der Waals surface area contributed by atoms with Crippen LogP contribution in [0, 0.1) is 5.82 Å².